The van der Waals surface area contributed by atoms with Crippen molar-refractivity contribution in [1.29, 1.82) is 0 Å². The van der Waals surface area contributed by atoms with Crippen LogP contribution >= 0.6 is 11.6 Å². The SMILES string of the molecule is C[C@]12CC[C@H]3[C@@H](CCC4=C(Cl)C(=O)CC[C@@H]43)[C@@H]1[C@H]1C[C@H]1[C@@]2(O)CCOC(=O)O. The largest absolute Gasteiger partial charge is 0.505 e. The number of allylic oxidation sites excluding steroid dienone is 1. The number of carboxylic acid groups (broad SMARTS) is 1. The summed E-state index contributed by atoms with van der Waals surface area (Å²) >= 11 is 6.40. The lowest BCUT2D eigenvalue weighted by atomic mass is 9.49. The van der Waals surface area contributed by atoms with Gasteiger partial charge in [-0.1, -0.05) is 18.5 Å². The number of carbonyl (C=O) groups excluding carboxylic acids is 1. The summed E-state index contributed by atoms with van der Waals surface area (Å²) in [4.78, 5) is 22.8. The van der Waals surface area contributed by atoms with Gasteiger partial charge in [0, 0.05) is 18.3 Å². The smallest absolute Gasteiger partial charge is 0.450 e. The van der Waals surface area contributed by atoms with Gasteiger partial charge < -0.3 is 14.9 Å². The molecule has 0 heterocycles. The van der Waals surface area contributed by atoms with Crippen molar-refractivity contribution in [3.63, 3.8) is 0 Å². The number of fused-ring (bicyclic) bond motifs is 7. The average molecular weight is 409 g/mol. The predicted octanol–water partition coefficient (Wildman–Crippen LogP) is 4.37. The second-order valence-electron chi connectivity index (χ2n) is 10.1. The number of Topliss-reactive ketones (excluding diaryl/α,β-unsaturated/α-hetero) is 1. The average Bonchev–Trinajstić information content (AvgIpc) is 3.40. The number of ketones is 1. The first-order valence-electron chi connectivity index (χ1n) is 10.8. The van der Waals surface area contributed by atoms with Crippen LogP contribution in [0.25, 0.3) is 0 Å². The quantitative estimate of drug-likeness (QED) is 0.677. The molecule has 0 aromatic rings. The number of halogens is 1. The van der Waals surface area contributed by atoms with Gasteiger partial charge in [-0.05, 0) is 79.6 Å². The highest BCUT2D eigenvalue weighted by Crippen LogP contribution is 2.76. The van der Waals surface area contributed by atoms with E-state index in [4.69, 9.17) is 21.4 Å². The van der Waals surface area contributed by atoms with Gasteiger partial charge in [-0.3, -0.25) is 4.79 Å². The standard InChI is InChI=1S/C22H29ClO5/c1-21-7-6-12-11-4-5-17(24)19(23)14(11)3-2-13(12)18(21)15-10-16(15)22(21,27)8-9-28-20(25)26/h11-13,15-16,18,27H,2-10H2,1H3,(H,25,26)/t11-,12-,13-,15+,16-,18-,21+,22+/m1/s1. The summed E-state index contributed by atoms with van der Waals surface area (Å²) in [6.45, 7) is 2.31. The molecule has 154 valence electrons. The summed E-state index contributed by atoms with van der Waals surface area (Å²) < 4.78 is 4.76. The van der Waals surface area contributed by atoms with Crippen LogP contribution in [0.2, 0.25) is 0 Å². The molecule has 5 aliphatic rings. The van der Waals surface area contributed by atoms with Gasteiger partial charge in [-0.25, -0.2) is 4.79 Å². The van der Waals surface area contributed by atoms with E-state index in [9.17, 15) is 14.7 Å². The zero-order valence-electron chi connectivity index (χ0n) is 16.3. The summed E-state index contributed by atoms with van der Waals surface area (Å²) in [7, 11) is 0. The van der Waals surface area contributed by atoms with Crippen molar-refractivity contribution in [3.8, 4) is 0 Å². The number of hydrogen-bond donors (Lipinski definition) is 2. The maximum Gasteiger partial charge on any atom is 0.505 e. The highest BCUT2D eigenvalue weighted by molar-refractivity contribution is 6.43. The van der Waals surface area contributed by atoms with Crippen molar-refractivity contribution >= 4 is 23.5 Å². The first-order valence-corrected chi connectivity index (χ1v) is 11.2. The Morgan fingerprint density at radius 2 is 2.00 bits per heavy atom. The van der Waals surface area contributed by atoms with Crippen LogP contribution in [-0.4, -0.2) is 34.4 Å². The minimum atomic E-state index is -1.27. The predicted molar refractivity (Wildman–Crippen MR) is 103 cm³/mol. The van der Waals surface area contributed by atoms with Crippen molar-refractivity contribution in [1.82, 2.24) is 0 Å². The van der Waals surface area contributed by atoms with Crippen molar-refractivity contribution in [3.05, 3.63) is 10.6 Å². The molecule has 0 aliphatic heterocycles. The molecular weight excluding hydrogens is 380 g/mol. The number of hydrogen-bond acceptors (Lipinski definition) is 4. The maximum absolute atomic E-state index is 12.1. The number of rotatable bonds is 3. The summed E-state index contributed by atoms with van der Waals surface area (Å²) in [6, 6.07) is 0. The molecule has 0 spiro atoms. The molecule has 4 fully saturated rings. The zero-order chi connectivity index (χ0) is 19.8. The molecule has 0 aromatic heterocycles. The molecule has 2 N–H and O–H groups in total. The van der Waals surface area contributed by atoms with Gasteiger partial charge in [-0.2, -0.15) is 0 Å². The highest BCUT2D eigenvalue weighted by atomic mass is 35.5. The molecule has 0 radical (unpaired) electrons. The minimum Gasteiger partial charge on any atom is -0.450 e. The van der Waals surface area contributed by atoms with Crippen molar-refractivity contribution < 1.29 is 24.5 Å². The molecular formula is C22H29ClO5. The van der Waals surface area contributed by atoms with Gasteiger partial charge in [-0.15, -0.1) is 0 Å². The van der Waals surface area contributed by atoms with Gasteiger partial charge in [0.25, 0.3) is 0 Å². The van der Waals surface area contributed by atoms with E-state index >= 15 is 0 Å². The maximum atomic E-state index is 12.1. The molecule has 8 atom stereocenters. The van der Waals surface area contributed by atoms with E-state index in [0.29, 0.717) is 47.5 Å². The monoisotopic (exact) mass is 408 g/mol. The van der Waals surface area contributed by atoms with E-state index in [1.807, 2.05) is 0 Å². The fraction of sp³-hybridized carbons (Fsp3) is 0.818. The van der Waals surface area contributed by atoms with Gasteiger partial charge in [0.2, 0.25) is 0 Å². The Kier molecular flexibility index (Phi) is 4.20. The molecule has 0 saturated heterocycles. The Morgan fingerprint density at radius 3 is 2.75 bits per heavy atom. The van der Waals surface area contributed by atoms with E-state index in [2.05, 4.69) is 6.92 Å². The minimum absolute atomic E-state index is 0.0681. The van der Waals surface area contributed by atoms with Crippen LogP contribution < -0.4 is 0 Å². The number of carbonyl (C=O) groups is 2. The van der Waals surface area contributed by atoms with Crippen LogP contribution in [-0.2, 0) is 9.53 Å². The fourth-order valence-corrected chi connectivity index (χ4v) is 8.45. The number of aliphatic hydroxyl groups is 1. The Hall–Kier alpha value is -1.07. The van der Waals surface area contributed by atoms with Crippen LogP contribution in [0.5, 0.6) is 0 Å². The Bertz CT molecular complexity index is 762. The van der Waals surface area contributed by atoms with Gasteiger partial charge >= 0.3 is 6.16 Å². The lowest BCUT2D eigenvalue weighted by Crippen LogP contribution is -2.55. The molecule has 4 saturated carbocycles. The third-order valence-corrected chi connectivity index (χ3v) is 9.73. The Labute approximate surface area is 170 Å². The molecule has 0 amide bonds. The lowest BCUT2D eigenvalue weighted by molar-refractivity contribution is -0.148. The van der Waals surface area contributed by atoms with Crippen molar-refractivity contribution in [2.45, 2.75) is 63.9 Å². The molecule has 0 aromatic carbocycles. The van der Waals surface area contributed by atoms with Crippen LogP contribution in [0.1, 0.15) is 58.3 Å². The normalized spacial score (nSPS) is 49.0. The van der Waals surface area contributed by atoms with Crippen LogP contribution in [0.4, 0.5) is 4.79 Å². The van der Waals surface area contributed by atoms with E-state index in [-0.39, 0.29) is 23.7 Å². The second kappa shape index (κ2) is 6.21. The van der Waals surface area contributed by atoms with Gasteiger partial charge in [0.15, 0.2) is 5.78 Å². The first-order chi connectivity index (χ1) is 13.3. The van der Waals surface area contributed by atoms with E-state index in [1.54, 1.807) is 0 Å². The summed E-state index contributed by atoms with van der Waals surface area (Å²) in [6.07, 6.45) is 5.69. The summed E-state index contributed by atoms with van der Waals surface area (Å²) in [5, 5.41) is 21.0. The van der Waals surface area contributed by atoms with Gasteiger partial charge in [0.1, 0.15) is 0 Å². The molecule has 5 rings (SSSR count). The Morgan fingerprint density at radius 1 is 1.21 bits per heavy atom. The third kappa shape index (κ3) is 2.41. The topological polar surface area (TPSA) is 83.8 Å². The third-order valence-electron chi connectivity index (χ3n) is 9.28. The van der Waals surface area contributed by atoms with E-state index in [1.165, 1.54) is 5.57 Å². The van der Waals surface area contributed by atoms with Crippen LogP contribution in [0, 0.1) is 40.9 Å². The Balaban J connectivity index is 1.41. The van der Waals surface area contributed by atoms with E-state index in [0.717, 1.165) is 38.5 Å². The van der Waals surface area contributed by atoms with Crippen molar-refractivity contribution in [2.75, 3.05) is 6.61 Å². The lowest BCUT2D eigenvalue weighted by Gasteiger charge is -2.57. The number of ether oxygens (including phenoxy) is 1. The molecule has 28 heavy (non-hydrogen) atoms. The highest BCUT2D eigenvalue weighted by Gasteiger charge is 2.75. The first kappa shape index (κ1) is 18.9. The van der Waals surface area contributed by atoms with Gasteiger partial charge in [0.05, 0.1) is 17.2 Å². The van der Waals surface area contributed by atoms with Crippen LogP contribution in [0.15, 0.2) is 10.6 Å². The molecule has 0 bridgehead atoms. The fourth-order valence-electron chi connectivity index (χ4n) is 8.13. The van der Waals surface area contributed by atoms with Crippen LogP contribution in [0.3, 0.4) is 0 Å². The summed E-state index contributed by atoms with van der Waals surface area (Å²) in [5.41, 5.74) is 0.219. The molecule has 5 aliphatic carbocycles. The zero-order valence-corrected chi connectivity index (χ0v) is 17.1. The second-order valence-corrected chi connectivity index (χ2v) is 10.4. The summed E-state index contributed by atoms with van der Waals surface area (Å²) in [5.74, 6) is 3.03. The molecule has 0 unspecified atom stereocenters. The van der Waals surface area contributed by atoms with Crippen molar-refractivity contribution in [2.24, 2.45) is 40.9 Å². The molecule has 5 nitrogen and oxygen atoms in total. The van der Waals surface area contributed by atoms with E-state index < -0.39 is 11.8 Å². The molecule has 6 heteroatoms.